The van der Waals surface area contributed by atoms with Gasteiger partial charge in [0.1, 0.15) is 0 Å². The number of amides is 2. The molecule has 1 aromatic rings. The predicted octanol–water partition coefficient (Wildman–Crippen LogP) is 2.75. The number of hydrogen-bond acceptors (Lipinski definition) is 3. The average molecular weight is 327 g/mol. The molecule has 2 atom stereocenters. The molecule has 1 aromatic carbocycles. The van der Waals surface area contributed by atoms with Gasteiger partial charge in [0.2, 0.25) is 11.8 Å². The maximum atomic E-state index is 12.9. The second-order valence-corrected chi connectivity index (χ2v) is 7.52. The minimum Gasteiger partial charge on any atom is -0.326 e. The number of carbonyl (C=O) groups excluding carboxylic acids is 2. The summed E-state index contributed by atoms with van der Waals surface area (Å²) in [6, 6.07) is 7.46. The largest absolute Gasteiger partial charge is 0.326 e. The summed E-state index contributed by atoms with van der Waals surface area (Å²) in [6.07, 6.45) is 6.49. The fraction of sp³-hybridized carbons (Fsp3) is 0.579. The van der Waals surface area contributed by atoms with Crippen molar-refractivity contribution >= 4 is 23.2 Å². The van der Waals surface area contributed by atoms with Gasteiger partial charge in [0.05, 0.1) is 5.41 Å². The zero-order valence-corrected chi connectivity index (χ0v) is 13.9. The van der Waals surface area contributed by atoms with Crippen LogP contribution in [0.15, 0.2) is 24.3 Å². The van der Waals surface area contributed by atoms with Crippen LogP contribution in [0.2, 0.25) is 0 Å². The van der Waals surface area contributed by atoms with Crippen molar-refractivity contribution in [3.8, 4) is 0 Å². The highest BCUT2D eigenvalue weighted by molar-refractivity contribution is 5.97. The molecule has 0 aromatic heterocycles. The summed E-state index contributed by atoms with van der Waals surface area (Å²) in [7, 11) is 0. The van der Waals surface area contributed by atoms with Crippen LogP contribution in [0.3, 0.4) is 0 Å². The summed E-state index contributed by atoms with van der Waals surface area (Å²) in [6.45, 7) is 1.75. The summed E-state index contributed by atoms with van der Waals surface area (Å²) >= 11 is 0. The van der Waals surface area contributed by atoms with Gasteiger partial charge in [0.25, 0.3) is 0 Å². The van der Waals surface area contributed by atoms with Crippen molar-refractivity contribution in [3.63, 3.8) is 0 Å². The Morgan fingerprint density at radius 3 is 2.42 bits per heavy atom. The average Bonchev–Trinajstić information content (AvgIpc) is 3.35. The van der Waals surface area contributed by atoms with Crippen molar-refractivity contribution in [1.82, 2.24) is 5.32 Å². The first-order chi connectivity index (χ1) is 11.7. The van der Waals surface area contributed by atoms with E-state index in [1.54, 1.807) is 0 Å². The lowest BCUT2D eigenvalue weighted by atomic mass is 9.67. The predicted molar refractivity (Wildman–Crippen MR) is 93.7 cm³/mol. The highest BCUT2D eigenvalue weighted by Gasteiger charge is 2.49. The molecule has 2 aliphatic carbocycles. The van der Waals surface area contributed by atoms with Crippen LogP contribution in [0, 0.1) is 17.3 Å². The van der Waals surface area contributed by atoms with Crippen molar-refractivity contribution in [2.75, 3.05) is 23.7 Å². The molecule has 2 amide bonds. The number of anilines is 2. The van der Waals surface area contributed by atoms with Crippen LogP contribution < -0.4 is 16.0 Å². The number of carbonyl (C=O) groups is 2. The Kier molecular flexibility index (Phi) is 4.04. The lowest BCUT2D eigenvalue weighted by Gasteiger charge is -2.37. The smallest absolute Gasteiger partial charge is 0.232 e. The molecule has 0 spiro atoms. The van der Waals surface area contributed by atoms with E-state index in [9.17, 15) is 9.59 Å². The molecule has 24 heavy (non-hydrogen) atoms. The van der Waals surface area contributed by atoms with Crippen LogP contribution in [0.25, 0.3) is 0 Å². The minimum atomic E-state index is -0.239. The monoisotopic (exact) mass is 327 g/mol. The Morgan fingerprint density at radius 1 is 1.00 bits per heavy atom. The van der Waals surface area contributed by atoms with E-state index in [0.717, 1.165) is 56.6 Å². The zero-order chi connectivity index (χ0) is 16.6. The molecular weight excluding hydrogens is 302 g/mol. The van der Waals surface area contributed by atoms with Gasteiger partial charge < -0.3 is 16.0 Å². The molecule has 3 fully saturated rings. The maximum absolute atomic E-state index is 12.9. The summed E-state index contributed by atoms with van der Waals surface area (Å²) in [4.78, 5) is 24.7. The summed E-state index contributed by atoms with van der Waals surface area (Å²) in [5, 5.41) is 9.43. The van der Waals surface area contributed by atoms with E-state index in [4.69, 9.17) is 0 Å². The van der Waals surface area contributed by atoms with Gasteiger partial charge in [-0.15, -0.1) is 0 Å². The van der Waals surface area contributed by atoms with Crippen LogP contribution in [0.4, 0.5) is 11.4 Å². The first-order valence-electron chi connectivity index (χ1n) is 9.10. The third kappa shape index (κ3) is 2.93. The molecule has 0 unspecified atom stereocenters. The molecule has 128 valence electrons. The molecule has 3 N–H and O–H groups in total. The molecule has 4 rings (SSSR count). The number of rotatable bonds is 4. The lowest BCUT2D eigenvalue weighted by molar-refractivity contribution is -0.128. The molecule has 1 aliphatic heterocycles. The van der Waals surface area contributed by atoms with E-state index in [1.165, 1.54) is 6.42 Å². The third-order valence-electron chi connectivity index (χ3n) is 5.85. The fourth-order valence-corrected chi connectivity index (χ4v) is 4.17. The van der Waals surface area contributed by atoms with E-state index < -0.39 is 0 Å². The molecular formula is C19H25N3O2. The van der Waals surface area contributed by atoms with Crippen LogP contribution in [0.1, 0.15) is 38.5 Å². The van der Waals surface area contributed by atoms with Crippen LogP contribution >= 0.6 is 0 Å². The van der Waals surface area contributed by atoms with Gasteiger partial charge in [-0.25, -0.2) is 0 Å². The zero-order valence-electron chi connectivity index (χ0n) is 13.9. The van der Waals surface area contributed by atoms with E-state index in [0.29, 0.717) is 5.92 Å². The Morgan fingerprint density at radius 2 is 1.71 bits per heavy atom. The van der Waals surface area contributed by atoms with Crippen molar-refractivity contribution in [2.24, 2.45) is 17.3 Å². The first kappa shape index (κ1) is 15.6. The number of hydrogen-bond donors (Lipinski definition) is 3. The number of benzene rings is 1. The van der Waals surface area contributed by atoms with Crippen molar-refractivity contribution < 1.29 is 9.59 Å². The quantitative estimate of drug-likeness (QED) is 0.796. The first-order valence-corrected chi connectivity index (χ1v) is 9.10. The van der Waals surface area contributed by atoms with Gasteiger partial charge in [-0.3, -0.25) is 9.59 Å². The second kappa shape index (κ2) is 6.20. The Bertz CT molecular complexity index is 639. The van der Waals surface area contributed by atoms with E-state index in [1.807, 2.05) is 24.3 Å². The molecule has 1 saturated heterocycles. The molecule has 3 aliphatic rings. The SMILES string of the molecule is O=C(Nc1ccc(NC(=O)[C@@]23CCCC[C@H]2CNC3)cc1)C1CC1. The van der Waals surface area contributed by atoms with Gasteiger partial charge in [0, 0.05) is 23.8 Å². The van der Waals surface area contributed by atoms with E-state index in [-0.39, 0.29) is 23.1 Å². The summed E-state index contributed by atoms with van der Waals surface area (Å²) < 4.78 is 0. The van der Waals surface area contributed by atoms with Crippen LogP contribution in [0.5, 0.6) is 0 Å². The molecule has 1 heterocycles. The molecule has 5 heteroatoms. The van der Waals surface area contributed by atoms with Crippen LogP contribution in [-0.4, -0.2) is 24.9 Å². The van der Waals surface area contributed by atoms with Gasteiger partial charge in [-0.2, -0.15) is 0 Å². The second-order valence-electron chi connectivity index (χ2n) is 7.52. The van der Waals surface area contributed by atoms with Gasteiger partial charge in [-0.05, 0) is 62.4 Å². The van der Waals surface area contributed by atoms with Crippen LogP contribution in [-0.2, 0) is 9.59 Å². The third-order valence-corrected chi connectivity index (χ3v) is 5.85. The molecule has 5 nitrogen and oxygen atoms in total. The standard InChI is InChI=1S/C19H25N3O2/c23-17(13-4-5-13)21-15-6-8-16(9-7-15)22-18(24)19-10-2-1-3-14(19)11-20-12-19/h6-9,13-14,20H,1-5,10-12H2,(H,21,23)(H,22,24)/t14-,19+/m0/s1. The van der Waals surface area contributed by atoms with Gasteiger partial charge >= 0.3 is 0 Å². The molecule has 2 saturated carbocycles. The number of nitrogens with one attached hydrogen (secondary N) is 3. The Labute approximate surface area is 142 Å². The highest BCUT2D eigenvalue weighted by Crippen LogP contribution is 2.44. The normalized spacial score (nSPS) is 28.9. The molecule has 0 bridgehead atoms. The van der Waals surface area contributed by atoms with Gasteiger partial charge in [0.15, 0.2) is 0 Å². The van der Waals surface area contributed by atoms with Crippen molar-refractivity contribution in [2.45, 2.75) is 38.5 Å². The Balaban J connectivity index is 1.41. The summed E-state index contributed by atoms with van der Waals surface area (Å²) in [5.74, 6) is 0.907. The van der Waals surface area contributed by atoms with Gasteiger partial charge in [-0.1, -0.05) is 12.8 Å². The van der Waals surface area contributed by atoms with Crippen molar-refractivity contribution in [3.05, 3.63) is 24.3 Å². The maximum Gasteiger partial charge on any atom is 0.232 e. The van der Waals surface area contributed by atoms with E-state index in [2.05, 4.69) is 16.0 Å². The Hall–Kier alpha value is -1.88. The molecule has 0 radical (unpaired) electrons. The number of fused-ring (bicyclic) bond motifs is 1. The minimum absolute atomic E-state index is 0.104. The fourth-order valence-electron chi connectivity index (χ4n) is 4.17. The highest BCUT2D eigenvalue weighted by atomic mass is 16.2. The lowest BCUT2D eigenvalue weighted by Crippen LogP contribution is -2.44. The van der Waals surface area contributed by atoms with E-state index >= 15 is 0 Å². The summed E-state index contributed by atoms with van der Waals surface area (Å²) in [5.41, 5.74) is 1.35. The van der Waals surface area contributed by atoms with Crippen molar-refractivity contribution in [1.29, 1.82) is 0 Å². The topological polar surface area (TPSA) is 70.2 Å².